The van der Waals surface area contributed by atoms with Gasteiger partial charge in [-0.25, -0.2) is 9.78 Å². The van der Waals surface area contributed by atoms with Gasteiger partial charge in [-0.2, -0.15) is 0 Å². The lowest BCUT2D eigenvalue weighted by atomic mass is 10.2. The van der Waals surface area contributed by atoms with E-state index in [0.29, 0.717) is 25.3 Å². The van der Waals surface area contributed by atoms with Crippen LogP contribution in [0, 0.1) is 0 Å². The van der Waals surface area contributed by atoms with Crippen LogP contribution in [0.25, 0.3) is 0 Å². The van der Waals surface area contributed by atoms with Gasteiger partial charge in [0.25, 0.3) is 0 Å². The topological polar surface area (TPSA) is 90.8 Å². The Bertz CT molecular complexity index is 558. The molecule has 0 spiro atoms. The molecule has 2 rings (SSSR count). The molecule has 1 saturated heterocycles. The summed E-state index contributed by atoms with van der Waals surface area (Å²) in [4.78, 5) is 41.3. The second kappa shape index (κ2) is 5.68. The molecule has 0 saturated carbocycles. The van der Waals surface area contributed by atoms with Crippen molar-refractivity contribution in [2.75, 3.05) is 19.6 Å². The van der Waals surface area contributed by atoms with Crippen LogP contribution in [0.4, 0.5) is 0 Å². The Morgan fingerprint density at radius 1 is 1.25 bits per heavy atom. The fraction of sp³-hybridized carbons (Fsp3) is 0.385. The first-order valence-electron chi connectivity index (χ1n) is 6.30. The van der Waals surface area contributed by atoms with Crippen LogP contribution in [0.5, 0.6) is 0 Å². The van der Waals surface area contributed by atoms with E-state index in [1.165, 1.54) is 15.9 Å². The molecule has 7 nitrogen and oxygen atoms in total. The number of carbonyl (C=O) groups is 3. The number of pyridine rings is 1. The summed E-state index contributed by atoms with van der Waals surface area (Å²) >= 11 is 0. The number of aromatic nitrogens is 1. The maximum atomic E-state index is 11.9. The van der Waals surface area contributed by atoms with Crippen LogP contribution in [-0.4, -0.2) is 57.3 Å². The molecule has 0 unspecified atom stereocenters. The number of likely N-dealkylation sites (N-methyl/N-ethyl adjacent to an activating group) is 1. The van der Waals surface area contributed by atoms with E-state index >= 15 is 0 Å². The van der Waals surface area contributed by atoms with Crippen LogP contribution in [0.2, 0.25) is 0 Å². The van der Waals surface area contributed by atoms with Crippen LogP contribution in [0.15, 0.2) is 18.2 Å². The summed E-state index contributed by atoms with van der Waals surface area (Å²) in [6, 6.07) is 4.59. The summed E-state index contributed by atoms with van der Waals surface area (Å²) in [5.74, 6) is -2.21. The monoisotopic (exact) mass is 277 g/mol. The Hall–Kier alpha value is -2.44. The number of piperazine rings is 1. The molecule has 106 valence electrons. The summed E-state index contributed by atoms with van der Waals surface area (Å²) in [7, 11) is 0. The van der Waals surface area contributed by atoms with Gasteiger partial charge < -0.3 is 14.9 Å². The lowest BCUT2D eigenvalue weighted by Crippen LogP contribution is -2.53. The van der Waals surface area contributed by atoms with E-state index in [-0.39, 0.29) is 12.2 Å². The minimum absolute atomic E-state index is 0.0755. The van der Waals surface area contributed by atoms with Crippen molar-refractivity contribution >= 4 is 17.8 Å². The predicted octanol–water partition coefficient (Wildman–Crippen LogP) is -0.0295. The largest absolute Gasteiger partial charge is 0.477 e. The minimum Gasteiger partial charge on any atom is -0.477 e. The summed E-state index contributed by atoms with van der Waals surface area (Å²) < 4.78 is 0. The third-order valence-electron chi connectivity index (χ3n) is 3.16. The zero-order valence-electron chi connectivity index (χ0n) is 11.1. The molecule has 1 aliphatic rings. The summed E-state index contributed by atoms with van der Waals surface area (Å²) in [5, 5.41) is 8.87. The number of aromatic carboxylic acids is 1. The minimum atomic E-state index is -1.12. The summed E-state index contributed by atoms with van der Waals surface area (Å²) in [5.41, 5.74) is 0.379. The van der Waals surface area contributed by atoms with Crippen molar-refractivity contribution in [3.8, 4) is 0 Å². The van der Waals surface area contributed by atoms with Gasteiger partial charge in [-0.15, -0.1) is 0 Å². The van der Waals surface area contributed by atoms with E-state index in [0.717, 1.165) is 0 Å². The predicted molar refractivity (Wildman–Crippen MR) is 68.9 cm³/mol. The first kappa shape index (κ1) is 14.0. The molecule has 0 aromatic carbocycles. The van der Waals surface area contributed by atoms with Gasteiger partial charge in [0.15, 0.2) is 0 Å². The fourth-order valence-corrected chi connectivity index (χ4v) is 2.05. The number of carboxylic acids is 1. The normalized spacial score (nSPS) is 15.7. The van der Waals surface area contributed by atoms with Crippen molar-refractivity contribution in [3.63, 3.8) is 0 Å². The maximum Gasteiger partial charge on any atom is 0.354 e. The Labute approximate surface area is 115 Å². The molecule has 0 atom stereocenters. The average molecular weight is 277 g/mol. The van der Waals surface area contributed by atoms with E-state index in [1.54, 1.807) is 12.1 Å². The van der Waals surface area contributed by atoms with Crippen molar-refractivity contribution in [1.29, 1.82) is 0 Å². The number of amides is 2. The van der Waals surface area contributed by atoms with E-state index in [4.69, 9.17) is 5.11 Å². The van der Waals surface area contributed by atoms with Gasteiger partial charge in [0, 0.05) is 19.6 Å². The number of hydrogen-bond donors (Lipinski definition) is 1. The van der Waals surface area contributed by atoms with Gasteiger partial charge in [0.2, 0.25) is 0 Å². The molecule has 1 aromatic heterocycles. The van der Waals surface area contributed by atoms with Crippen molar-refractivity contribution in [1.82, 2.24) is 14.8 Å². The molecule has 2 heterocycles. The second-order valence-corrected chi connectivity index (χ2v) is 4.43. The van der Waals surface area contributed by atoms with Crippen molar-refractivity contribution in [2.24, 2.45) is 0 Å². The quantitative estimate of drug-likeness (QED) is 0.780. The standard InChI is InChI=1S/C13H15N3O4/c1-2-15-6-7-16(12(18)11(15)17)8-9-4-3-5-10(14-9)13(19)20/h3-5H,2,6-8H2,1H3,(H,19,20). The van der Waals surface area contributed by atoms with Crippen LogP contribution in [0.1, 0.15) is 23.1 Å². The first-order valence-corrected chi connectivity index (χ1v) is 6.30. The third-order valence-corrected chi connectivity index (χ3v) is 3.16. The molecule has 1 aliphatic heterocycles. The number of rotatable bonds is 4. The van der Waals surface area contributed by atoms with E-state index in [1.807, 2.05) is 6.92 Å². The van der Waals surface area contributed by atoms with Crippen molar-refractivity contribution in [2.45, 2.75) is 13.5 Å². The second-order valence-electron chi connectivity index (χ2n) is 4.43. The Balaban J connectivity index is 2.11. The molecule has 0 radical (unpaired) electrons. The summed E-state index contributed by atoms with van der Waals surface area (Å²) in [6.45, 7) is 3.38. The summed E-state index contributed by atoms with van der Waals surface area (Å²) in [6.07, 6.45) is 0. The van der Waals surface area contributed by atoms with Gasteiger partial charge in [0.05, 0.1) is 12.2 Å². The molecule has 1 N–H and O–H groups in total. The molecule has 0 aliphatic carbocycles. The average Bonchev–Trinajstić information content (AvgIpc) is 2.44. The van der Waals surface area contributed by atoms with Crippen molar-refractivity contribution in [3.05, 3.63) is 29.6 Å². The molecule has 7 heteroatoms. The zero-order chi connectivity index (χ0) is 14.7. The Kier molecular flexibility index (Phi) is 3.97. The van der Waals surface area contributed by atoms with Crippen LogP contribution >= 0.6 is 0 Å². The molecular weight excluding hydrogens is 262 g/mol. The smallest absolute Gasteiger partial charge is 0.354 e. The first-order chi connectivity index (χ1) is 9.52. The third kappa shape index (κ3) is 2.76. The van der Waals surface area contributed by atoms with Crippen LogP contribution < -0.4 is 0 Å². The Morgan fingerprint density at radius 3 is 2.55 bits per heavy atom. The number of carboxylic acid groups (broad SMARTS) is 1. The van der Waals surface area contributed by atoms with Crippen molar-refractivity contribution < 1.29 is 19.5 Å². The highest BCUT2D eigenvalue weighted by molar-refractivity contribution is 6.35. The molecule has 1 aromatic rings. The fourth-order valence-electron chi connectivity index (χ4n) is 2.05. The van der Waals surface area contributed by atoms with E-state index < -0.39 is 17.8 Å². The maximum absolute atomic E-state index is 11.9. The van der Waals surface area contributed by atoms with Gasteiger partial charge in [-0.1, -0.05) is 6.07 Å². The molecule has 0 bridgehead atoms. The zero-order valence-corrected chi connectivity index (χ0v) is 11.1. The van der Waals surface area contributed by atoms with Crippen LogP contribution in [0.3, 0.4) is 0 Å². The van der Waals surface area contributed by atoms with Gasteiger partial charge in [0.1, 0.15) is 5.69 Å². The molecule has 1 fully saturated rings. The highest BCUT2D eigenvalue weighted by Gasteiger charge is 2.31. The van der Waals surface area contributed by atoms with E-state index in [9.17, 15) is 14.4 Å². The molecular formula is C13H15N3O4. The lowest BCUT2D eigenvalue weighted by molar-refractivity contribution is -0.156. The number of carbonyl (C=O) groups excluding carboxylic acids is 2. The lowest BCUT2D eigenvalue weighted by Gasteiger charge is -2.32. The highest BCUT2D eigenvalue weighted by Crippen LogP contribution is 2.10. The van der Waals surface area contributed by atoms with Gasteiger partial charge in [-0.05, 0) is 19.1 Å². The molecule has 20 heavy (non-hydrogen) atoms. The van der Waals surface area contributed by atoms with Gasteiger partial charge in [-0.3, -0.25) is 9.59 Å². The van der Waals surface area contributed by atoms with E-state index in [2.05, 4.69) is 4.98 Å². The molecule has 2 amide bonds. The Morgan fingerprint density at radius 2 is 1.90 bits per heavy atom. The number of nitrogens with zero attached hydrogens (tertiary/aromatic N) is 3. The van der Waals surface area contributed by atoms with Gasteiger partial charge >= 0.3 is 17.8 Å². The van der Waals surface area contributed by atoms with Crippen LogP contribution in [-0.2, 0) is 16.1 Å². The number of hydrogen-bond acceptors (Lipinski definition) is 4. The SMILES string of the molecule is CCN1CCN(Cc2cccc(C(=O)O)n2)C(=O)C1=O. The highest BCUT2D eigenvalue weighted by atomic mass is 16.4.